The fraction of sp³-hybridized carbons (Fsp3) is 0.308. The van der Waals surface area contributed by atoms with E-state index in [0.29, 0.717) is 6.42 Å². The first-order valence-electron chi connectivity index (χ1n) is 10.3. The molecule has 0 aliphatic carbocycles. The minimum absolute atomic E-state index is 0.130. The molecule has 0 saturated carbocycles. The molecule has 1 aliphatic heterocycles. The zero-order chi connectivity index (χ0) is 19.6. The minimum Gasteiger partial charge on any atom is -0.388 e. The second-order valence-corrected chi connectivity index (χ2v) is 8.30. The summed E-state index contributed by atoms with van der Waals surface area (Å²) in [5, 5.41) is 14.6. The van der Waals surface area contributed by atoms with Crippen molar-refractivity contribution >= 4 is 0 Å². The van der Waals surface area contributed by atoms with Crippen molar-refractivity contribution in [3.63, 3.8) is 0 Å². The van der Waals surface area contributed by atoms with Gasteiger partial charge in [-0.05, 0) is 5.56 Å². The van der Waals surface area contributed by atoms with E-state index in [1.807, 2.05) is 6.07 Å². The first-order chi connectivity index (χ1) is 13.6. The Kier molecular flexibility index (Phi) is 5.34. The van der Waals surface area contributed by atoms with Gasteiger partial charge in [-0.25, -0.2) is 0 Å². The Hall–Kier alpha value is -2.42. The van der Waals surface area contributed by atoms with Crippen LogP contribution >= 0.6 is 0 Å². The third-order valence-corrected chi connectivity index (χ3v) is 6.77. The van der Waals surface area contributed by atoms with Crippen LogP contribution in [0.2, 0.25) is 0 Å². The van der Waals surface area contributed by atoms with E-state index in [1.165, 1.54) is 16.7 Å². The molecule has 0 amide bonds. The van der Waals surface area contributed by atoms with Crippen molar-refractivity contribution in [1.29, 1.82) is 0 Å². The Labute approximate surface area is 168 Å². The number of aliphatic hydroxyl groups is 1. The highest BCUT2D eigenvalue weighted by Crippen LogP contribution is 2.44. The maximum Gasteiger partial charge on any atom is 0.117 e. The molecule has 4 rings (SSSR count). The van der Waals surface area contributed by atoms with Gasteiger partial charge in [-0.1, -0.05) is 105 Å². The van der Waals surface area contributed by atoms with Crippen LogP contribution in [0.5, 0.6) is 0 Å². The average molecular weight is 373 g/mol. The minimum atomic E-state index is -0.781. The predicted octanol–water partition coefficient (Wildman–Crippen LogP) is 4.29. The summed E-state index contributed by atoms with van der Waals surface area (Å²) >= 11 is 0. The highest BCUT2D eigenvalue weighted by Gasteiger charge is 2.53. The van der Waals surface area contributed by atoms with Crippen LogP contribution in [0.3, 0.4) is 0 Å². The van der Waals surface area contributed by atoms with Crippen LogP contribution in [0.15, 0.2) is 91.0 Å². The van der Waals surface area contributed by atoms with Crippen molar-refractivity contribution < 1.29 is 10.4 Å². The van der Waals surface area contributed by atoms with Crippen LogP contribution in [0, 0.1) is 11.8 Å². The molecule has 2 nitrogen and oxygen atoms in total. The van der Waals surface area contributed by atoms with E-state index in [-0.39, 0.29) is 23.9 Å². The largest absolute Gasteiger partial charge is 0.388 e. The zero-order valence-corrected chi connectivity index (χ0v) is 16.7. The van der Waals surface area contributed by atoms with Gasteiger partial charge < -0.3 is 10.4 Å². The number of nitrogens with two attached hydrogens (primary N) is 1. The SMILES string of the molecule is C[C@H]1[C@@H](c2ccccc2)[NH2+][C@H](c2ccccc2)[C@H](C)C1(O)Cc1ccccc1. The Bertz CT molecular complexity index is 827. The molecule has 3 aromatic rings. The number of rotatable bonds is 4. The van der Waals surface area contributed by atoms with Crippen molar-refractivity contribution in [2.24, 2.45) is 11.8 Å². The number of hydrogen-bond acceptors (Lipinski definition) is 1. The van der Waals surface area contributed by atoms with E-state index >= 15 is 0 Å². The Morgan fingerprint density at radius 2 is 1.07 bits per heavy atom. The van der Waals surface area contributed by atoms with Crippen molar-refractivity contribution in [3.8, 4) is 0 Å². The summed E-state index contributed by atoms with van der Waals surface area (Å²) in [5.41, 5.74) is 2.99. The topological polar surface area (TPSA) is 36.8 Å². The van der Waals surface area contributed by atoms with Gasteiger partial charge in [0.2, 0.25) is 0 Å². The maximum absolute atomic E-state index is 12.1. The summed E-state index contributed by atoms with van der Waals surface area (Å²) in [4.78, 5) is 0. The second kappa shape index (κ2) is 7.90. The molecule has 28 heavy (non-hydrogen) atoms. The molecule has 0 spiro atoms. The van der Waals surface area contributed by atoms with Crippen LogP contribution in [-0.2, 0) is 6.42 Å². The summed E-state index contributed by atoms with van der Waals surface area (Å²) in [6.07, 6.45) is 0.677. The van der Waals surface area contributed by atoms with Crippen LogP contribution in [0.25, 0.3) is 0 Å². The smallest absolute Gasteiger partial charge is 0.117 e. The van der Waals surface area contributed by atoms with Gasteiger partial charge in [0, 0.05) is 29.4 Å². The molecule has 1 fully saturated rings. The first kappa shape index (κ1) is 18.9. The quantitative estimate of drug-likeness (QED) is 0.704. The lowest BCUT2D eigenvalue weighted by atomic mass is 9.64. The molecule has 1 heterocycles. The highest BCUT2D eigenvalue weighted by molar-refractivity contribution is 5.26. The zero-order valence-electron chi connectivity index (χ0n) is 16.7. The summed E-state index contributed by atoms with van der Waals surface area (Å²) in [7, 11) is 0. The molecule has 3 N–H and O–H groups in total. The van der Waals surface area contributed by atoms with Gasteiger partial charge in [-0.3, -0.25) is 0 Å². The van der Waals surface area contributed by atoms with Crippen molar-refractivity contribution in [3.05, 3.63) is 108 Å². The fourth-order valence-corrected chi connectivity index (χ4v) is 4.99. The van der Waals surface area contributed by atoms with E-state index in [1.54, 1.807) is 0 Å². The van der Waals surface area contributed by atoms with E-state index in [4.69, 9.17) is 0 Å². The molecular formula is C26H30NO+. The average Bonchev–Trinajstić information content (AvgIpc) is 2.75. The first-order valence-corrected chi connectivity index (χ1v) is 10.3. The van der Waals surface area contributed by atoms with Crippen LogP contribution in [-0.4, -0.2) is 10.7 Å². The molecule has 144 valence electrons. The Morgan fingerprint density at radius 3 is 1.50 bits per heavy atom. The molecule has 2 heteroatoms. The molecule has 0 unspecified atom stereocenters. The number of benzene rings is 3. The van der Waals surface area contributed by atoms with Crippen molar-refractivity contribution in [2.75, 3.05) is 0 Å². The normalized spacial score (nSPS) is 30.1. The van der Waals surface area contributed by atoms with Gasteiger partial charge in [0.15, 0.2) is 0 Å². The molecule has 4 atom stereocenters. The van der Waals surface area contributed by atoms with Crippen LogP contribution in [0.1, 0.15) is 42.6 Å². The predicted molar refractivity (Wildman–Crippen MR) is 114 cm³/mol. The van der Waals surface area contributed by atoms with E-state index in [2.05, 4.69) is 104 Å². The highest BCUT2D eigenvalue weighted by atomic mass is 16.3. The third kappa shape index (κ3) is 3.50. The maximum atomic E-state index is 12.1. The molecule has 3 aromatic carbocycles. The van der Waals surface area contributed by atoms with Gasteiger partial charge in [0.1, 0.15) is 12.1 Å². The monoisotopic (exact) mass is 372 g/mol. The lowest BCUT2D eigenvalue weighted by Crippen LogP contribution is -2.93. The van der Waals surface area contributed by atoms with Gasteiger partial charge in [-0.2, -0.15) is 0 Å². The van der Waals surface area contributed by atoms with Crippen LogP contribution in [0.4, 0.5) is 0 Å². The number of piperidine rings is 1. The molecule has 0 bridgehead atoms. The molecule has 0 aromatic heterocycles. The molecular weight excluding hydrogens is 342 g/mol. The van der Waals surface area contributed by atoms with Gasteiger partial charge >= 0.3 is 0 Å². The van der Waals surface area contributed by atoms with E-state index in [9.17, 15) is 5.11 Å². The summed E-state index contributed by atoms with van der Waals surface area (Å²) < 4.78 is 0. The standard InChI is InChI=1S/C26H29NO/c1-19-24(22-14-8-4-9-15-22)27-25(23-16-10-5-11-17-23)20(2)26(19,28)18-21-12-6-3-7-13-21/h3-17,19-20,24-25,27-28H,18H2,1-2H3/p+1/t19-,20-,24-,25-/m0/s1. The van der Waals surface area contributed by atoms with E-state index < -0.39 is 5.60 Å². The number of quaternary nitrogens is 1. The third-order valence-electron chi connectivity index (χ3n) is 6.77. The molecule has 1 aliphatic rings. The van der Waals surface area contributed by atoms with Gasteiger partial charge in [0.05, 0.1) is 5.60 Å². The van der Waals surface area contributed by atoms with Gasteiger partial charge in [0.25, 0.3) is 0 Å². The van der Waals surface area contributed by atoms with Crippen LogP contribution < -0.4 is 5.32 Å². The fourth-order valence-electron chi connectivity index (χ4n) is 4.99. The molecule has 0 radical (unpaired) electrons. The lowest BCUT2D eigenvalue weighted by Gasteiger charge is -2.49. The second-order valence-electron chi connectivity index (χ2n) is 8.30. The van der Waals surface area contributed by atoms with Crippen molar-refractivity contribution in [2.45, 2.75) is 38.0 Å². The van der Waals surface area contributed by atoms with Gasteiger partial charge in [-0.15, -0.1) is 0 Å². The summed E-state index contributed by atoms with van der Waals surface area (Å²) in [6.45, 7) is 4.43. The Morgan fingerprint density at radius 1 is 0.679 bits per heavy atom. The molecule has 1 saturated heterocycles. The number of hydrogen-bond donors (Lipinski definition) is 2. The Balaban J connectivity index is 1.76. The van der Waals surface area contributed by atoms with E-state index in [0.717, 1.165) is 0 Å². The lowest BCUT2D eigenvalue weighted by molar-refractivity contribution is -0.764. The summed E-state index contributed by atoms with van der Waals surface area (Å²) in [5.74, 6) is 0.259. The summed E-state index contributed by atoms with van der Waals surface area (Å²) in [6, 6.07) is 32.1. The van der Waals surface area contributed by atoms with Crippen molar-refractivity contribution in [1.82, 2.24) is 0 Å².